The van der Waals surface area contributed by atoms with Crippen molar-refractivity contribution in [3.05, 3.63) is 44.6 Å². The molecule has 0 radical (unpaired) electrons. The molecule has 0 aliphatic carbocycles. The fourth-order valence-corrected chi connectivity index (χ4v) is 3.15. The molecule has 0 saturated heterocycles. The van der Waals surface area contributed by atoms with Crippen LogP contribution in [-0.2, 0) is 6.18 Å². The number of carboxylic acids is 1. The number of carboxylic acid groups (broad SMARTS) is 1. The van der Waals surface area contributed by atoms with Crippen molar-refractivity contribution in [1.82, 2.24) is 0 Å². The Hall–Kier alpha value is -1.34. The molecule has 1 aromatic carbocycles. The highest BCUT2D eigenvalue weighted by molar-refractivity contribution is 9.10. The molecule has 1 N–H and O–H groups in total. The number of thiophene rings is 1. The van der Waals surface area contributed by atoms with Gasteiger partial charge in [-0.25, -0.2) is 4.79 Å². The Bertz CT molecular complexity index is 634. The monoisotopic (exact) mass is 350 g/mol. The predicted molar refractivity (Wildman–Crippen MR) is 69.4 cm³/mol. The highest BCUT2D eigenvalue weighted by Crippen LogP contribution is 2.37. The normalized spacial score (nSPS) is 11.6. The van der Waals surface area contributed by atoms with Crippen molar-refractivity contribution in [2.45, 2.75) is 6.18 Å². The van der Waals surface area contributed by atoms with Crippen LogP contribution in [0.4, 0.5) is 13.2 Å². The number of rotatable bonds is 2. The van der Waals surface area contributed by atoms with E-state index in [1.54, 1.807) is 10.8 Å². The maximum atomic E-state index is 12.9. The summed E-state index contributed by atoms with van der Waals surface area (Å²) in [6.45, 7) is 0. The van der Waals surface area contributed by atoms with E-state index >= 15 is 0 Å². The van der Waals surface area contributed by atoms with Crippen LogP contribution in [0.3, 0.4) is 0 Å². The number of hydrogen-bond donors (Lipinski definition) is 1. The lowest BCUT2D eigenvalue weighted by molar-refractivity contribution is -0.138. The second-order valence-corrected chi connectivity index (χ2v) is 5.29. The lowest BCUT2D eigenvalue weighted by atomic mass is 10.0. The molecule has 0 fully saturated rings. The summed E-state index contributed by atoms with van der Waals surface area (Å²) in [7, 11) is 0. The number of alkyl halides is 3. The van der Waals surface area contributed by atoms with Gasteiger partial charge in [-0.05, 0) is 39.0 Å². The third-order valence-electron chi connectivity index (χ3n) is 2.48. The van der Waals surface area contributed by atoms with E-state index < -0.39 is 23.3 Å². The van der Waals surface area contributed by atoms with Gasteiger partial charge >= 0.3 is 12.1 Å². The number of carbonyl (C=O) groups is 1. The van der Waals surface area contributed by atoms with Gasteiger partial charge in [0.05, 0.1) is 11.1 Å². The van der Waals surface area contributed by atoms with Gasteiger partial charge in [-0.15, -0.1) is 0 Å². The first-order chi connectivity index (χ1) is 8.80. The van der Waals surface area contributed by atoms with Crippen LogP contribution in [0.2, 0.25) is 0 Å². The molecule has 0 atom stereocenters. The van der Waals surface area contributed by atoms with Crippen molar-refractivity contribution in [2.24, 2.45) is 0 Å². The zero-order valence-electron chi connectivity index (χ0n) is 9.16. The Kier molecular flexibility index (Phi) is 3.69. The number of hydrogen-bond acceptors (Lipinski definition) is 2. The van der Waals surface area contributed by atoms with E-state index in [0.717, 1.165) is 12.1 Å². The Morgan fingerprint density at radius 1 is 1.26 bits per heavy atom. The van der Waals surface area contributed by atoms with E-state index in [-0.39, 0.29) is 0 Å². The van der Waals surface area contributed by atoms with E-state index in [1.807, 2.05) is 0 Å². The minimum atomic E-state index is -4.70. The molecule has 2 nitrogen and oxygen atoms in total. The third-order valence-corrected chi connectivity index (χ3v) is 4.18. The first kappa shape index (κ1) is 14.1. The first-order valence-corrected chi connectivity index (χ1v) is 6.71. The van der Waals surface area contributed by atoms with Crippen LogP contribution in [-0.4, -0.2) is 11.1 Å². The average molecular weight is 351 g/mol. The number of halogens is 4. The molecule has 7 heteroatoms. The molecule has 19 heavy (non-hydrogen) atoms. The van der Waals surface area contributed by atoms with Gasteiger partial charge in [0.15, 0.2) is 0 Å². The minimum Gasteiger partial charge on any atom is -0.478 e. The topological polar surface area (TPSA) is 37.3 Å². The molecule has 2 rings (SSSR count). The molecule has 0 unspecified atom stereocenters. The lowest BCUT2D eigenvalue weighted by Crippen LogP contribution is -2.12. The predicted octanol–water partition coefficient (Wildman–Crippen LogP) is 4.89. The quantitative estimate of drug-likeness (QED) is 0.836. The molecule has 0 aliphatic rings. The second-order valence-electron chi connectivity index (χ2n) is 3.70. The molecular weight excluding hydrogens is 345 g/mol. The zero-order valence-corrected chi connectivity index (χ0v) is 11.6. The van der Waals surface area contributed by atoms with Gasteiger partial charge in [0.25, 0.3) is 0 Å². The van der Waals surface area contributed by atoms with Crippen molar-refractivity contribution < 1.29 is 23.1 Å². The van der Waals surface area contributed by atoms with Crippen LogP contribution in [0.1, 0.15) is 15.9 Å². The van der Waals surface area contributed by atoms with Gasteiger partial charge in [-0.2, -0.15) is 24.5 Å². The molecule has 0 amide bonds. The molecule has 2 aromatic rings. The summed E-state index contributed by atoms with van der Waals surface area (Å²) in [4.78, 5) is 10.8. The van der Waals surface area contributed by atoms with Crippen molar-refractivity contribution in [1.29, 1.82) is 0 Å². The molecule has 100 valence electrons. The van der Waals surface area contributed by atoms with E-state index in [4.69, 9.17) is 5.11 Å². The summed E-state index contributed by atoms with van der Waals surface area (Å²) in [6, 6.07) is 3.20. The smallest absolute Gasteiger partial charge is 0.417 e. The number of aromatic carboxylic acids is 1. The SMILES string of the molecule is O=C(O)c1ccc(-c2cscc2Br)cc1C(F)(F)F. The lowest BCUT2D eigenvalue weighted by Gasteiger charge is -2.12. The van der Waals surface area contributed by atoms with Crippen LogP contribution in [0.5, 0.6) is 0 Å². The molecule has 1 heterocycles. The van der Waals surface area contributed by atoms with Gasteiger partial charge in [0.1, 0.15) is 0 Å². The zero-order chi connectivity index (χ0) is 14.2. The van der Waals surface area contributed by atoms with E-state index in [0.29, 0.717) is 15.6 Å². The molecule has 0 saturated carbocycles. The van der Waals surface area contributed by atoms with E-state index in [1.165, 1.54) is 17.4 Å². The third kappa shape index (κ3) is 2.82. The van der Waals surface area contributed by atoms with Gasteiger partial charge < -0.3 is 5.11 Å². The summed E-state index contributed by atoms with van der Waals surface area (Å²) in [5.74, 6) is -1.59. The van der Waals surface area contributed by atoms with Gasteiger partial charge in [-0.1, -0.05) is 6.07 Å². The first-order valence-electron chi connectivity index (χ1n) is 4.97. The second kappa shape index (κ2) is 4.97. The maximum absolute atomic E-state index is 12.9. The van der Waals surface area contributed by atoms with E-state index in [9.17, 15) is 18.0 Å². The standard InChI is InChI=1S/C12H6BrF3O2S/c13-10-5-19-4-8(10)6-1-2-7(11(17)18)9(3-6)12(14,15)16/h1-5H,(H,17,18). The van der Waals surface area contributed by atoms with E-state index in [2.05, 4.69) is 15.9 Å². The van der Waals surface area contributed by atoms with Crippen molar-refractivity contribution in [3.63, 3.8) is 0 Å². The van der Waals surface area contributed by atoms with Crippen molar-refractivity contribution in [2.75, 3.05) is 0 Å². The Labute approximate surface area is 118 Å². The van der Waals surface area contributed by atoms with Crippen LogP contribution in [0.15, 0.2) is 33.4 Å². The van der Waals surface area contributed by atoms with Gasteiger partial charge in [-0.3, -0.25) is 0 Å². The van der Waals surface area contributed by atoms with Crippen LogP contribution in [0, 0.1) is 0 Å². The maximum Gasteiger partial charge on any atom is 0.417 e. The van der Waals surface area contributed by atoms with Crippen LogP contribution < -0.4 is 0 Å². The van der Waals surface area contributed by atoms with Crippen molar-refractivity contribution >= 4 is 33.2 Å². The highest BCUT2D eigenvalue weighted by Gasteiger charge is 2.35. The Morgan fingerprint density at radius 3 is 2.42 bits per heavy atom. The van der Waals surface area contributed by atoms with Gasteiger partial charge in [0, 0.05) is 15.4 Å². The summed E-state index contributed by atoms with van der Waals surface area (Å²) < 4.78 is 39.3. The highest BCUT2D eigenvalue weighted by atomic mass is 79.9. The summed E-state index contributed by atoms with van der Waals surface area (Å²) in [6.07, 6.45) is -4.70. The average Bonchev–Trinajstić information content (AvgIpc) is 2.73. The summed E-state index contributed by atoms with van der Waals surface area (Å²) >= 11 is 4.58. The minimum absolute atomic E-state index is 0.324. The van der Waals surface area contributed by atoms with Gasteiger partial charge in [0.2, 0.25) is 0 Å². The molecule has 1 aromatic heterocycles. The van der Waals surface area contributed by atoms with Crippen LogP contribution in [0.25, 0.3) is 11.1 Å². The molecular formula is C12H6BrF3O2S. The summed E-state index contributed by atoms with van der Waals surface area (Å²) in [5.41, 5.74) is -0.962. The Balaban J connectivity index is 2.63. The fraction of sp³-hybridized carbons (Fsp3) is 0.0833. The fourth-order valence-electron chi connectivity index (χ4n) is 1.62. The summed E-state index contributed by atoms with van der Waals surface area (Å²) in [5, 5.41) is 12.2. The largest absolute Gasteiger partial charge is 0.478 e. The number of benzene rings is 1. The molecule has 0 aliphatic heterocycles. The molecule has 0 spiro atoms. The molecule has 0 bridgehead atoms. The van der Waals surface area contributed by atoms with Crippen molar-refractivity contribution in [3.8, 4) is 11.1 Å². The van der Waals surface area contributed by atoms with Crippen LogP contribution >= 0.6 is 27.3 Å². The Morgan fingerprint density at radius 2 is 1.95 bits per heavy atom.